The molecule has 1 N–H and O–H groups in total. The molecule has 1 aromatic rings. The van der Waals surface area contributed by atoms with Crippen molar-refractivity contribution in [1.82, 2.24) is 4.90 Å². The number of fused-ring (bicyclic) bond motifs is 2. The van der Waals surface area contributed by atoms with Gasteiger partial charge in [0.2, 0.25) is 0 Å². The Hall–Kier alpha value is -1.30. The van der Waals surface area contributed by atoms with E-state index >= 15 is 0 Å². The highest BCUT2D eigenvalue weighted by atomic mass is 16.2. The Kier molecular flexibility index (Phi) is 4.63. The summed E-state index contributed by atoms with van der Waals surface area (Å²) in [6.45, 7) is 2.09. The third-order valence-corrected chi connectivity index (χ3v) is 5.19. The third kappa shape index (κ3) is 3.48. The fourth-order valence-corrected chi connectivity index (χ4v) is 4.27. The van der Waals surface area contributed by atoms with Crippen molar-refractivity contribution in [2.45, 2.75) is 32.2 Å². The maximum Gasteiger partial charge on any atom is 0.104 e. The van der Waals surface area contributed by atoms with Crippen molar-refractivity contribution in [2.24, 2.45) is 17.8 Å². The first-order chi connectivity index (χ1) is 10.3. The van der Waals surface area contributed by atoms with E-state index in [0.29, 0.717) is 0 Å². The van der Waals surface area contributed by atoms with Crippen molar-refractivity contribution in [2.75, 3.05) is 20.2 Å². The summed E-state index contributed by atoms with van der Waals surface area (Å²) in [5.74, 6) is 8.74. The van der Waals surface area contributed by atoms with Crippen LogP contribution in [0.25, 0.3) is 0 Å². The number of aliphatic hydroxyl groups is 1. The molecule has 0 saturated heterocycles. The molecular formula is C19H25NO. The third-order valence-electron chi connectivity index (χ3n) is 5.19. The van der Waals surface area contributed by atoms with Crippen LogP contribution in [0, 0.1) is 29.6 Å². The Morgan fingerprint density at radius 2 is 2.10 bits per heavy atom. The first kappa shape index (κ1) is 14.6. The predicted octanol–water partition coefficient (Wildman–Crippen LogP) is 2.90. The van der Waals surface area contributed by atoms with Crippen molar-refractivity contribution >= 4 is 0 Å². The molecule has 0 radical (unpaired) electrons. The van der Waals surface area contributed by atoms with Crippen molar-refractivity contribution in [1.29, 1.82) is 0 Å². The topological polar surface area (TPSA) is 23.5 Å². The highest BCUT2D eigenvalue weighted by Crippen LogP contribution is 2.48. The summed E-state index contributed by atoms with van der Waals surface area (Å²) in [6.07, 6.45) is 5.87. The van der Waals surface area contributed by atoms with Crippen LogP contribution in [0.1, 0.15) is 36.8 Å². The Morgan fingerprint density at radius 3 is 2.81 bits per heavy atom. The van der Waals surface area contributed by atoms with Crippen LogP contribution < -0.4 is 0 Å². The van der Waals surface area contributed by atoms with Gasteiger partial charge in [-0.25, -0.2) is 0 Å². The number of hydrogen-bond acceptors (Lipinski definition) is 2. The number of rotatable bonds is 4. The summed E-state index contributed by atoms with van der Waals surface area (Å²) in [5, 5.41) is 8.87. The van der Waals surface area contributed by atoms with E-state index in [1.54, 1.807) is 0 Å². The zero-order valence-corrected chi connectivity index (χ0v) is 12.9. The SMILES string of the molecule is CN(Cc1ccccc1C#CCO)CC1CC2CCC1C2. The molecule has 2 nitrogen and oxygen atoms in total. The summed E-state index contributed by atoms with van der Waals surface area (Å²) in [4.78, 5) is 2.45. The molecule has 0 spiro atoms. The molecule has 3 atom stereocenters. The maximum atomic E-state index is 8.87. The van der Waals surface area contributed by atoms with Crippen molar-refractivity contribution in [3.63, 3.8) is 0 Å². The lowest BCUT2D eigenvalue weighted by atomic mass is 9.88. The Labute approximate surface area is 128 Å². The van der Waals surface area contributed by atoms with Crippen molar-refractivity contribution < 1.29 is 5.11 Å². The molecule has 1 aromatic carbocycles. The predicted molar refractivity (Wildman–Crippen MR) is 85.7 cm³/mol. The molecule has 2 heteroatoms. The zero-order valence-electron chi connectivity index (χ0n) is 12.9. The summed E-state index contributed by atoms with van der Waals surface area (Å²) in [7, 11) is 2.22. The van der Waals surface area contributed by atoms with Gasteiger partial charge in [0.25, 0.3) is 0 Å². The number of aliphatic hydroxyl groups excluding tert-OH is 1. The molecule has 3 unspecified atom stereocenters. The van der Waals surface area contributed by atoms with Crippen LogP contribution in [0.4, 0.5) is 0 Å². The van der Waals surface area contributed by atoms with Crippen LogP contribution in [-0.4, -0.2) is 30.2 Å². The second kappa shape index (κ2) is 6.64. The second-order valence-electron chi connectivity index (χ2n) is 6.75. The smallest absolute Gasteiger partial charge is 0.104 e. The van der Waals surface area contributed by atoms with Gasteiger partial charge in [-0.1, -0.05) is 36.5 Å². The summed E-state index contributed by atoms with van der Waals surface area (Å²) in [5.41, 5.74) is 2.32. The van der Waals surface area contributed by atoms with Crippen LogP contribution >= 0.6 is 0 Å². The first-order valence-electron chi connectivity index (χ1n) is 8.12. The number of nitrogens with zero attached hydrogens (tertiary/aromatic N) is 1. The van der Waals surface area contributed by atoms with Gasteiger partial charge in [0.15, 0.2) is 0 Å². The van der Waals surface area contributed by atoms with E-state index in [4.69, 9.17) is 5.11 Å². The van der Waals surface area contributed by atoms with E-state index in [0.717, 1.165) is 29.9 Å². The van der Waals surface area contributed by atoms with E-state index in [1.807, 2.05) is 12.1 Å². The van der Waals surface area contributed by atoms with Gasteiger partial charge in [-0.2, -0.15) is 0 Å². The Morgan fingerprint density at radius 1 is 1.24 bits per heavy atom. The Bertz CT molecular complexity index is 542. The first-order valence-corrected chi connectivity index (χ1v) is 8.12. The molecule has 0 amide bonds. The van der Waals surface area contributed by atoms with Crippen molar-refractivity contribution in [3.05, 3.63) is 35.4 Å². The summed E-state index contributed by atoms with van der Waals surface area (Å²) in [6, 6.07) is 8.29. The number of hydrogen-bond donors (Lipinski definition) is 1. The van der Waals surface area contributed by atoms with Crippen LogP contribution in [0.15, 0.2) is 24.3 Å². The average Bonchev–Trinajstić information content (AvgIpc) is 3.09. The molecule has 0 heterocycles. The zero-order chi connectivity index (χ0) is 14.7. The highest BCUT2D eigenvalue weighted by Gasteiger charge is 2.39. The molecule has 2 fully saturated rings. The van der Waals surface area contributed by atoms with Crippen LogP contribution in [0.3, 0.4) is 0 Å². The summed E-state index contributed by atoms with van der Waals surface area (Å²) < 4.78 is 0. The molecule has 3 rings (SSSR count). The van der Waals surface area contributed by atoms with Gasteiger partial charge in [-0.15, -0.1) is 0 Å². The quantitative estimate of drug-likeness (QED) is 0.859. The van der Waals surface area contributed by atoms with Crippen molar-refractivity contribution in [3.8, 4) is 11.8 Å². The Balaban J connectivity index is 1.61. The highest BCUT2D eigenvalue weighted by molar-refractivity contribution is 5.41. The van der Waals surface area contributed by atoms with Crippen LogP contribution in [0.5, 0.6) is 0 Å². The molecule has 112 valence electrons. The molecule has 21 heavy (non-hydrogen) atoms. The van der Waals surface area contributed by atoms with Gasteiger partial charge in [-0.05, 0) is 55.7 Å². The van der Waals surface area contributed by atoms with E-state index in [2.05, 4.69) is 35.9 Å². The molecule has 0 aliphatic heterocycles. The monoisotopic (exact) mass is 283 g/mol. The molecule has 2 aliphatic rings. The van der Waals surface area contributed by atoms with Gasteiger partial charge >= 0.3 is 0 Å². The molecule has 2 saturated carbocycles. The minimum Gasteiger partial charge on any atom is -0.384 e. The van der Waals surface area contributed by atoms with E-state index < -0.39 is 0 Å². The normalized spacial score (nSPS) is 26.9. The van der Waals surface area contributed by atoms with Gasteiger partial charge < -0.3 is 10.0 Å². The minimum atomic E-state index is -0.0741. The largest absolute Gasteiger partial charge is 0.384 e. The van der Waals surface area contributed by atoms with Crippen LogP contribution in [0.2, 0.25) is 0 Å². The summed E-state index contributed by atoms with van der Waals surface area (Å²) >= 11 is 0. The van der Waals surface area contributed by atoms with Gasteiger partial charge in [0.05, 0.1) is 0 Å². The van der Waals surface area contributed by atoms with E-state index in [-0.39, 0.29) is 6.61 Å². The number of benzene rings is 1. The lowest BCUT2D eigenvalue weighted by Crippen LogP contribution is -2.28. The van der Waals surface area contributed by atoms with Gasteiger partial charge in [0, 0.05) is 18.7 Å². The fourth-order valence-electron chi connectivity index (χ4n) is 4.27. The van der Waals surface area contributed by atoms with Crippen LogP contribution in [-0.2, 0) is 6.54 Å². The molecule has 2 aliphatic carbocycles. The lowest BCUT2D eigenvalue weighted by Gasteiger charge is -2.27. The average molecular weight is 283 g/mol. The lowest BCUT2D eigenvalue weighted by molar-refractivity contribution is 0.214. The second-order valence-corrected chi connectivity index (χ2v) is 6.75. The standard InChI is InChI=1S/C19H25NO/c1-20(14-19-12-15-8-9-17(19)11-15)13-18-6-3-2-5-16(18)7-4-10-21/h2-3,5-6,15,17,19,21H,8-14H2,1H3. The fraction of sp³-hybridized carbons (Fsp3) is 0.579. The molecular weight excluding hydrogens is 258 g/mol. The minimum absolute atomic E-state index is 0.0741. The van der Waals surface area contributed by atoms with Gasteiger partial charge in [0.1, 0.15) is 6.61 Å². The molecule has 0 aromatic heterocycles. The van der Waals surface area contributed by atoms with E-state index in [1.165, 1.54) is 37.8 Å². The molecule has 2 bridgehead atoms. The maximum absolute atomic E-state index is 8.87. The van der Waals surface area contributed by atoms with E-state index in [9.17, 15) is 0 Å². The van der Waals surface area contributed by atoms with Gasteiger partial charge in [-0.3, -0.25) is 0 Å².